The molecule has 1 saturated heterocycles. The molecule has 0 radical (unpaired) electrons. The predicted molar refractivity (Wildman–Crippen MR) is 117 cm³/mol. The van der Waals surface area contributed by atoms with Gasteiger partial charge in [0.05, 0.1) is 21.2 Å². The Kier molecular flexibility index (Phi) is 5.64. The lowest BCUT2D eigenvalue weighted by molar-refractivity contribution is -0.384. The third-order valence-corrected chi connectivity index (χ3v) is 5.78. The highest BCUT2D eigenvalue weighted by Gasteiger charge is 2.33. The third-order valence-electron chi connectivity index (χ3n) is 3.84. The Morgan fingerprint density at radius 2 is 2.00 bits per heavy atom. The Balaban J connectivity index is 1.92. The van der Waals surface area contributed by atoms with Crippen molar-refractivity contribution < 1.29 is 9.72 Å². The number of carbonyl (C=O) groups excluding carboxylic acids is 1. The van der Waals surface area contributed by atoms with E-state index in [1.165, 1.54) is 34.9 Å². The van der Waals surface area contributed by atoms with Crippen LogP contribution in [0.1, 0.15) is 5.56 Å². The molecule has 2 aromatic rings. The maximum Gasteiger partial charge on any atom is 0.271 e. The van der Waals surface area contributed by atoms with Crippen LogP contribution >= 0.6 is 39.9 Å². The van der Waals surface area contributed by atoms with Crippen LogP contribution in [0.4, 0.5) is 17.1 Å². The van der Waals surface area contributed by atoms with Gasteiger partial charge < -0.3 is 4.90 Å². The van der Waals surface area contributed by atoms with Crippen LogP contribution in [0.25, 0.3) is 6.08 Å². The Morgan fingerprint density at radius 3 is 2.63 bits per heavy atom. The van der Waals surface area contributed by atoms with Crippen LogP contribution in [0.3, 0.4) is 0 Å². The van der Waals surface area contributed by atoms with Crippen LogP contribution in [-0.2, 0) is 4.79 Å². The molecule has 0 bridgehead atoms. The van der Waals surface area contributed by atoms with Crippen LogP contribution in [-0.4, -0.2) is 29.2 Å². The molecule has 0 spiro atoms. The first-order valence-corrected chi connectivity index (χ1v) is 9.79. The fraction of sp³-hybridized carbons (Fsp3) is 0.111. The molecule has 9 heteroatoms. The number of rotatable bonds is 4. The van der Waals surface area contributed by atoms with Gasteiger partial charge in [0.2, 0.25) is 0 Å². The second-order valence-corrected chi connectivity index (χ2v) is 8.43. The van der Waals surface area contributed by atoms with Gasteiger partial charge in [-0.25, -0.2) is 0 Å². The summed E-state index contributed by atoms with van der Waals surface area (Å²) in [6.07, 6.45) is 1.76. The highest BCUT2D eigenvalue weighted by atomic mass is 79.9. The van der Waals surface area contributed by atoms with Crippen molar-refractivity contribution in [2.75, 3.05) is 23.9 Å². The number of benzene rings is 2. The van der Waals surface area contributed by atoms with E-state index in [0.29, 0.717) is 14.9 Å². The maximum absolute atomic E-state index is 12.8. The molecule has 1 aliphatic heterocycles. The Bertz CT molecular complexity index is 992. The van der Waals surface area contributed by atoms with E-state index in [2.05, 4.69) is 15.9 Å². The van der Waals surface area contributed by atoms with Gasteiger partial charge in [-0.1, -0.05) is 36.1 Å². The van der Waals surface area contributed by atoms with E-state index in [-0.39, 0.29) is 11.6 Å². The van der Waals surface area contributed by atoms with Gasteiger partial charge in [0.1, 0.15) is 0 Å². The van der Waals surface area contributed by atoms with Crippen LogP contribution in [0.15, 0.2) is 51.8 Å². The lowest BCUT2D eigenvalue weighted by Crippen LogP contribution is -2.27. The van der Waals surface area contributed by atoms with E-state index in [9.17, 15) is 14.9 Å². The molecule has 0 N–H and O–H groups in total. The molecule has 0 atom stereocenters. The number of thiocarbonyl (C=S) groups is 1. The van der Waals surface area contributed by atoms with E-state index in [1.54, 1.807) is 12.1 Å². The zero-order chi connectivity index (χ0) is 19.7. The van der Waals surface area contributed by atoms with Gasteiger partial charge in [-0.3, -0.25) is 19.8 Å². The summed E-state index contributed by atoms with van der Waals surface area (Å²) in [6.45, 7) is 0. The maximum atomic E-state index is 12.8. The van der Waals surface area contributed by atoms with Crippen LogP contribution < -0.4 is 9.80 Å². The minimum absolute atomic E-state index is 0.0891. The molecule has 138 valence electrons. The third kappa shape index (κ3) is 4.05. The van der Waals surface area contributed by atoms with Gasteiger partial charge in [0, 0.05) is 30.7 Å². The lowest BCUT2D eigenvalue weighted by atomic mass is 10.2. The number of hydrogen-bond donors (Lipinski definition) is 0. The molecule has 0 aromatic heterocycles. The van der Waals surface area contributed by atoms with E-state index in [0.717, 1.165) is 15.7 Å². The van der Waals surface area contributed by atoms with Gasteiger partial charge in [0.15, 0.2) is 4.32 Å². The van der Waals surface area contributed by atoms with Gasteiger partial charge >= 0.3 is 0 Å². The summed E-state index contributed by atoms with van der Waals surface area (Å²) in [5.41, 5.74) is 2.18. The summed E-state index contributed by atoms with van der Waals surface area (Å²) < 4.78 is 1.26. The highest BCUT2D eigenvalue weighted by molar-refractivity contribution is 9.10. The Labute approximate surface area is 174 Å². The largest absolute Gasteiger partial charge is 0.377 e. The zero-order valence-electron chi connectivity index (χ0n) is 14.4. The second kappa shape index (κ2) is 7.79. The molecule has 1 fully saturated rings. The topological polar surface area (TPSA) is 66.7 Å². The monoisotopic (exact) mass is 463 g/mol. The van der Waals surface area contributed by atoms with E-state index in [4.69, 9.17) is 12.2 Å². The number of anilines is 2. The Hall–Kier alpha value is -2.23. The predicted octanol–water partition coefficient (Wildman–Crippen LogP) is 4.83. The summed E-state index contributed by atoms with van der Waals surface area (Å²) in [5, 5.41) is 11.0. The molecule has 6 nitrogen and oxygen atoms in total. The van der Waals surface area contributed by atoms with Crippen LogP contribution in [0.2, 0.25) is 0 Å². The molecule has 2 aromatic carbocycles. The number of nitrogens with zero attached hydrogens (tertiary/aromatic N) is 3. The molecule has 1 heterocycles. The second-order valence-electron chi connectivity index (χ2n) is 5.90. The van der Waals surface area contributed by atoms with Crippen molar-refractivity contribution in [3.63, 3.8) is 0 Å². The Morgan fingerprint density at radius 1 is 1.26 bits per heavy atom. The van der Waals surface area contributed by atoms with Crippen molar-refractivity contribution in [3.05, 3.63) is 67.5 Å². The SMILES string of the molecule is CN(C)c1ccc(/C=C2/SC(=S)N(c3cccc([N+](=O)[O-])c3)C2=O)cc1Br. The van der Waals surface area contributed by atoms with E-state index >= 15 is 0 Å². The smallest absolute Gasteiger partial charge is 0.271 e. The molecule has 0 saturated carbocycles. The fourth-order valence-electron chi connectivity index (χ4n) is 2.56. The minimum Gasteiger partial charge on any atom is -0.377 e. The summed E-state index contributed by atoms with van der Waals surface area (Å²) in [7, 11) is 3.90. The average Bonchev–Trinajstić information content (AvgIpc) is 2.88. The molecule has 27 heavy (non-hydrogen) atoms. The zero-order valence-corrected chi connectivity index (χ0v) is 17.6. The molecule has 3 rings (SSSR count). The summed E-state index contributed by atoms with van der Waals surface area (Å²) in [5.74, 6) is -0.293. The first kappa shape index (κ1) is 19.5. The first-order chi connectivity index (χ1) is 12.8. The highest BCUT2D eigenvalue weighted by Crippen LogP contribution is 2.37. The summed E-state index contributed by atoms with van der Waals surface area (Å²) in [6, 6.07) is 11.7. The van der Waals surface area contributed by atoms with Gasteiger partial charge in [0.25, 0.3) is 11.6 Å². The average molecular weight is 464 g/mol. The molecule has 0 unspecified atom stereocenters. The lowest BCUT2D eigenvalue weighted by Gasteiger charge is -2.15. The van der Waals surface area contributed by atoms with Crippen molar-refractivity contribution in [3.8, 4) is 0 Å². The van der Waals surface area contributed by atoms with Crippen molar-refractivity contribution in [1.29, 1.82) is 0 Å². The standard InChI is InChI=1S/C18H14BrN3O3S2/c1-20(2)15-7-6-11(8-14(15)19)9-16-17(23)21(18(26)27-16)12-4-3-5-13(10-12)22(24)25/h3-10H,1-2H3/b16-9+. The summed E-state index contributed by atoms with van der Waals surface area (Å²) in [4.78, 5) is 27.1. The minimum atomic E-state index is -0.499. The number of nitro benzene ring substituents is 1. The number of carbonyl (C=O) groups is 1. The van der Waals surface area contributed by atoms with Crippen molar-refractivity contribution >= 4 is 73.3 Å². The van der Waals surface area contributed by atoms with Crippen molar-refractivity contribution in [1.82, 2.24) is 0 Å². The fourth-order valence-corrected chi connectivity index (χ4v) is 4.61. The molecule has 0 aliphatic carbocycles. The number of non-ortho nitro benzene ring substituents is 1. The number of amides is 1. The molecular formula is C18H14BrN3O3S2. The molecular weight excluding hydrogens is 450 g/mol. The molecule has 1 amide bonds. The van der Waals surface area contributed by atoms with Crippen molar-refractivity contribution in [2.24, 2.45) is 0 Å². The van der Waals surface area contributed by atoms with Gasteiger partial charge in [-0.15, -0.1) is 0 Å². The summed E-state index contributed by atoms with van der Waals surface area (Å²) >= 11 is 10.0. The van der Waals surface area contributed by atoms with Crippen LogP contribution in [0, 0.1) is 10.1 Å². The van der Waals surface area contributed by atoms with Crippen LogP contribution in [0.5, 0.6) is 0 Å². The van der Waals surface area contributed by atoms with Gasteiger partial charge in [-0.2, -0.15) is 0 Å². The first-order valence-electron chi connectivity index (χ1n) is 7.77. The molecule has 1 aliphatic rings. The quantitative estimate of drug-likeness (QED) is 0.280. The normalized spacial score (nSPS) is 15.5. The van der Waals surface area contributed by atoms with Crippen molar-refractivity contribution in [2.45, 2.75) is 0 Å². The van der Waals surface area contributed by atoms with E-state index < -0.39 is 4.92 Å². The number of hydrogen-bond acceptors (Lipinski definition) is 6. The van der Waals surface area contributed by atoms with E-state index in [1.807, 2.05) is 37.2 Å². The number of halogens is 1. The number of thioether (sulfide) groups is 1. The number of nitro groups is 1. The van der Waals surface area contributed by atoms with Gasteiger partial charge in [-0.05, 0) is 45.8 Å².